The predicted molar refractivity (Wildman–Crippen MR) is 82.0 cm³/mol. The summed E-state index contributed by atoms with van der Waals surface area (Å²) in [6, 6.07) is 18.6. The van der Waals surface area contributed by atoms with Gasteiger partial charge in [0.25, 0.3) is 0 Å². The minimum absolute atomic E-state index is 1.10. The highest BCUT2D eigenvalue weighted by molar-refractivity contribution is 7.98. The van der Waals surface area contributed by atoms with Gasteiger partial charge in [0.15, 0.2) is 17.6 Å². The first kappa shape index (κ1) is 12.9. The van der Waals surface area contributed by atoms with Crippen LogP contribution in [-0.4, -0.2) is 16.2 Å². The number of nitrogens with zero attached hydrogens (tertiary/aromatic N) is 3. The number of benzene rings is 2. The van der Waals surface area contributed by atoms with Crippen molar-refractivity contribution < 1.29 is 4.68 Å². The number of hydrogen-bond donors (Lipinski definition) is 0. The van der Waals surface area contributed by atoms with Gasteiger partial charge >= 0.3 is 0 Å². The van der Waals surface area contributed by atoms with E-state index in [2.05, 4.69) is 48.0 Å². The maximum absolute atomic E-state index is 4.59. The van der Waals surface area contributed by atoms with Crippen LogP contribution in [0, 0.1) is 0 Å². The molecule has 0 saturated heterocycles. The molecule has 0 aliphatic rings. The lowest BCUT2D eigenvalue weighted by atomic mass is 10.2. The van der Waals surface area contributed by atoms with Gasteiger partial charge in [-0.05, 0) is 18.4 Å². The molecular weight excluding hydrogens is 266 g/mol. The zero-order valence-corrected chi connectivity index (χ0v) is 12.3. The Balaban J connectivity index is 2.09. The molecule has 4 heteroatoms. The molecule has 0 amide bonds. The molecule has 1 heterocycles. The Kier molecular flexibility index (Phi) is 3.56. The number of hydrogen-bond acceptors (Lipinski definition) is 2. The summed E-state index contributed by atoms with van der Waals surface area (Å²) < 4.78 is 3.85. The monoisotopic (exact) mass is 282 g/mol. The quantitative estimate of drug-likeness (QED) is 0.544. The van der Waals surface area contributed by atoms with Crippen LogP contribution in [0.4, 0.5) is 0 Å². The standard InChI is InChI=1S/C16H16N3S/c1-18-15(13-8-4-3-5-9-13)12-19(17-18)14-10-6-7-11-16(14)20-2/h3-12H,1-2H3/q+1. The van der Waals surface area contributed by atoms with Crippen molar-refractivity contribution in [1.29, 1.82) is 0 Å². The van der Waals surface area contributed by atoms with Crippen LogP contribution >= 0.6 is 11.8 Å². The van der Waals surface area contributed by atoms with Gasteiger partial charge in [-0.1, -0.05) is 42.5 Å². The van der Waals surface area contributed by atoms with Gasteiger partial charge in [0.1, 0.15) is 7.05 Å². The van der Waals surface area contributed by atoms with E-state index in [1.54, 1.807) is 11.8 Å². The van der Waals surface area contributed by atoms with Crippen LogP contribution < -0.4 is 4.68 Å². The summed E-state index contributed by atoms with van der Waals surface area (Å²) in [5.74, 6) is 0. The number of aromatic nitrogens is 3. The third kappa shape index (κ3) is 2.34. The Morgan fingerprint density at radius 2 is 1.70 bits per heavy atom. The Bertz CT molecular complexity index is 720. The van der Waals surface area contributed by atoms with Crippen molar-refractivity contribution in [2.24, 2.45) is 7.05 Å². The first-order chi connectivity index (χ1) is 9.79. The fraction of sp³-hybridized carbons (Fsp3) is 0.125. The van der Waals surface area contributed by atoms with E-state index in [0.29, 0.717) is 0 Å². The zero-order valence-electron chi connectivity index (χ0n) is 11.5. The maximum Gasteiger partial charge on any atom is 0.197 e. The summed E-state index contributed by atoms with van der Waals surface area (Å²) in [7, 11) is 1.97. The highest BCUT2D eigenvalue weighted by Gasteiger charge is 2.17. The Hall–Kier alpha value is -2.07. The van der Waals surface area contributed by atoms with E-state index in [-0.39, 0.29) is 0 Å². The molecule has 3 aromatic rings. The molecule has 1 aromatic heterocycles. The maximum atomic E-state index is 4.59. The van der Waals surface area contributed by atoms with Gasteiger partial charge in [-0.2, -0.15) is 0 Å². The lowest BCUT2D eigenvalue weighted by molar-refractivity contribution is -0.663. The summed E-state index contributed by atoms with van der Waals surface area (Å²) >= 11 is 1.73. The van der Waals surface area contributed by atoms with Crippen molar-refractivity contribution in [3.8, 4) is 16.9 Å². The molecule has 0 bridgehead atoms. The van der Waals surface area contributed by atoms with Crippen LogP contribution in [0.1, 0.15) is 0 Å². The van der Waals surface area contributed by atoms with E-state index in [4.69, 9.17) is 0 Å². The summed E-state index contributed by atoms with van der Waals surface area (Å²) in [5, 5.41) is 4.59. The average Bonchev–Trinajstić information content (AvgIpc) is 2.90. The van der Waals surface area contributed by atoms with Crippen molar-refractivity contribution in [2.45, 2.75) is 4.90 Å². The lowest BCUT2D eigenvalue weighted by Gasteiger charge is -1.99. The number of aryl methyl sites for hydroxylation is 1. The van der Waals surface area contributed by atoms with E-state index in [0.717, 1.165) is 11.4 Å². The van der Waals surface area contributed by atoms with E-state index >= 15 is 0 Å². The molecule has 2 aromatic carbocycles. The summed E-state index contributed by atoms with van der Waals surface area (Å²) in [6.07, 6.45) is 4.16. The van der Waals surface area contributed by atoms with Crippen molar-refractivity contribution in [1.82, 2.24) is 9.90 Å². The van der Waals surface area contributed by atoms with Crippen molar-refractivity contribution in [3.05, 3.63) is 60.8 Å². The molecule has 0 spiro atoms. The lowest BCUT2D eigenvalue weighted by Crippen LogP contribution is -2.33. The Labute approximate surface area is 122 Å². The minimum Gasteiger partial charge on any atom is -0.132 e. The smallest absolute Gasteiger partial charge is 0.132 e. The van der Waals surface area contributed by atoms with Crippen LogP contribution in [0.5, 0.6) is 0 Å². The fourth-order valence-corrected chi connectivity index (χ4v) is 2.81. The number of para-hydroxylation sites is 1. The topological polar surface area (TPSA) is 21.7 Å². The SMILES string of the molecule is CSc1ccccc1-[n+]1cc(-c2ccccc2)n(C)n1. The molecule has 0 fully saturated rings. The normalized spacial score (nSPS) is 10.7. The first-order valence-corrected chi connectivity index (χ1v) is 7.67. The molecule has 0 saturated carbocycles. The molecule has 0 N–H and O–H groups in total. The third-order valence-corrected chi connectivity index (χ3v) is 4.01. The highest BCUT2D eigenvalue weighted by atomic mass is 32.2. The summed E-state index contributed by atoms with van der Waals surface area (Å²) in [5.41, 5.74) is 3.38. The largest absolute Gasteiger partial charge is 0.197 e. The summed E-state index contributed by atoms with van der Waals surface area (Å²) in [4.78, 5) is 1.22. The summed E-state index contributed by atoms with van der Waals surface area (Å²) in [6.45, 7) is 0. The molecule has 100 valence electrons. The van der Waals surface area contributed by atoms with Gasteiger partial charge in [0.05, 0.1) is 10.1 Å². The van der Waals surface area contributed by atoms with E-state index in [9.17, 15) is 0 Å². The van der Waals surface area contributed by atoms with Crippen LogP contribution in [0.15, 0.2) is 65.7 Å². The molecule has 20 heavy (non-hydrogen) atoms. The average molecular weight is 282 g/mol. The number of thioether (sulfide) groups is 1. The molecular formula is C16H16N3S+. The molecule has 0 radical (unpaired) electrons. The van der Waals surface area contributed by atoms with Crippen molar-refractivity contribution in [2.75, 3.05) is 6.26 Å². The predicted octanol–water partition coefficient (Wildman–Crippen LogP) is 3.09. The molecule has 0 aliphatic carbocycles. The van der Waals surface area contributed by atoms with Gasteiger partial charge in [0, 0.05) is 5.56 Å². The Morgan fingerprint density at radius 3 is 2.45 bits per heavy atom. The zero-order chi connectivity index (χ0) is 13.9. The molecule has 3 rings (SSSR count). The van der Waals surface area contributed by atoms with Crippen molar-refractivity contribution >= 4 is 11.8 Å². The van der Waals surface area contributed by atoms with Gasteiger partial charge in [-0.25, -0.2) is 0 Å². The van der Waals surface area contributed by atoms with E-state index < -0.39 is 0 Å². The minimum atomic E-state index is 1.10. The molecule has 3 nitrogen and oxygen atoms in total. The van der Waals surface area contributed by atoms with Gasteiger partial charge < -0.3 is 0 Å². The van der Waals surface area contributed by atoms with E-state index in [1.165, 1.54) is 10.5 Å². The van der Waals surface area contributed by atoms with Crippen LogP contribution in [-0.2, 0) is 7.05 Å². The van der Waals surface area contributed by atoms with Gasteiger partial charge in [-0.3, -0.25) is 0 Å². The van der Waals surface area contributed by atoms with Gasteiger partial charge in [0.2, 0.25) is 0 Å². The second-order valence-electron chi connectivity index (χ2n) is 4.51. The second kappa shape index (κ2) is 5.51. The fourth-order valence-electron chi connectivity index (χ4n) is 2.22. The van der Waals surface area contributed by atoms with Crippen LogP contribution in [0.25, 0.3) is 16.9 Å². The Morgan fingerprint density at radius 1 is 1.00 bits per heavy atom. The van der Waals surface area contributed by atoms with Gasteiger partial charge in [-0.15, -0.1) is 21.1 Å². The molecule has 0 unspecified atom stereocenters. The molecule has 0 aliphatic heterocycles. The molecule has 0 atom stereocenters. The highest BCUT2D eigenvalue weighted by Crippen LogP contribution is 2.21. The van der Waals surface area contributed by atoms with Crippen LogP contribution in [0.3, 0.4) is 0 Å². The second-order valence-corrected chi connectivity index (χ2v) is 5.36. The van der Waals surface area contributed by atoms with Crippen LogP contribution in [0.2, 0.25) is 0 Å². The van der Waals surface area contributed by atoms with E-state index in [1.807, 2.05) is 40.7 Å². The first-order valence-electron chi connectivity index (χ1n) is 6.44. The van der Waals surface area contributed by atoms with Crippen molar-refractivity contribution in [3.63, 3.8) is 0 Å². The number of rotatable bonds is 3. The third-order valence-electron chi connectivity index (χ3n) is 3.23.